The largest absolute Gasteiger partial charge is 0.312 e. The van der Waals surface area contributed by atoms with Crippen LogP contribution >= 0.6 is 0 Å². The van der Waals surface area contributed by atoms with Crippen LogP contribution < -0.4 is 5.32 Å². The molecule has 1 aromatic rings. The van der Waals surface area contributed by atoms with Gasteiger partial charge in [0, 0.05) is 12.1 Å². The third-order valence-electron chi connectivity index (χ3n) is 3.10. The van der Waals surface area contributed by atoms with Crippen molar-refractivity contribution in [2.45, 2.75) is 59.0 Å². The molecule has 1 rings (SSSR count). The minimum Gasteiger partial charge on any atom is -0.312 e. The number of rotatable bonds is 7. The summed E-state index contributed by atoms with van der Waals surface area (Å²) in [5, 5.41) is 3.68. The Morgan fingerprint density at radius 3 is 2.18 bits per heavy atom. The summed E-state index contributed by atoms with van der Waals surface area (Å²) < 4.78 is 0. The second kappa shape index (κ2) is 7.50. The number of hydrogen-bond acceptors (Lipinski definition) is 1. The van der Waals surface area contributed by atoms with Gasteiger partial charge in [0.05, 0.1) is 0 Å². The predicted octanol–water partition coefficient (Wildman–Crippen LogP) is 4.03. The second-order valence-corrected chi connectivity index (χ2v) is 5.62. The zero-order valence-electron chi connectivity index (χ0n) is 11.7. The molecule has 0 spiro atoms. The van der Waals surface area contributed by atoms with E-state index in [2.05, 4.69) is 63.3 Å². The van der Waals surface area contributed by atoms with Gasteiger partial charge in [-0.05, 0) is 44.6 Å². The van der Waals surface area contributed by atoms with Gasteiger partial charge in [0.15, 0.2) is 0 Å². The summed E-state index contributed by atoms with van der Waals surface area (Å²) in [6.07, 6.45) is 3.64. The SMILES string of the molecule is CC(C)C[C@@H](C)N[C@H](C)CCc1ccccc1. The van der Waals surface area contributed by atoms with Gasteiger partial charge in [-0.15, -0.1) is 0 Å². The molecular formula is C16H27N. The average Bonchev–Trinajstić information content (AvgIpc) is 2.26. The van der Waals surface area contributed by atoms with Crippen molar-refractivity contribution in [1.29, 1.82) is 0 Å². The van der Waals surface area contributed by atoms with E-state index in [0.29, 0.717) is 12.1 Å². The lowest BCUT2D eigenvalue weighted by atomic mass is 10.0. The van der Waals surface area contributed by atoms with Crippen LogP contribution in [-0.4, -0.2) is 12.1 Å². The zero-order valence-corrected chi connectivity index (χ0v) is 11.7. The summed E-state index contributed by atoms with van der Waals surface area (Å²) in [6.45, 7) is 9.15. The summed E-state index contributed by atoms with van der Waals surface area (Å²) >= 11 is 0. The van der Waals surface area contributed by atoms with Gasteiger partial charge in [0.2, 0.25) is 0 Å². The van der Waals surface area contributed by atoms with E-state index in [9.17, 15) is 0 Å². The predicted molar refractivity (Wildman–Crippen MR) is 76.3 cm³/mol. The van der Waals surface area contributed by atoms with E-state index >= 15 is 0 Å². The maximum absolute atomic E-state index is 3.68. The number of aryl methyl sites for hydroxylation is 1. The number of nitrogens with one attached hydrogen (secondary N) is 1. The van der Waals surface area contributed by atoms with Crippen LogP contribution in [-0.2, 0) is 6.42 Å². The molecule has 0 fully saturated rings. The van der Waals surface area contributed by atoms with E-state index < -0.39 is 0 Å². The molecule has 1 aromatic carbocycles. The van der Waals surface area contributed by atoms with Crippen molar-refractivity contribution >= 4 is 0 Å². The summed E-state index contributed by atoms with van der Waals surface area (Å²) in [5.41, 5.74) is 1.44. The fourth-order valence-electron chi connectivity index (χ4n) is 2.37. The van der Waals surface area contributed by atoms with E-state index in [4.69, 9.17) is 0 Å². The molecule has 0 unspecified atom stereocenters. The molecule has 1 heteroatoms. The fraction of sp³-hybridized carbons (Fsp3) is 0.625. The van der Waals surface area contributed by atoms with Crippen LogP contribution in [0.2, 0.25) is 0 Å². The molecule has 96 valence electrons. The van der Waals surface area contributed by atoms with Crippen LogP contribution in [0, 0.1) is 5.92 Å². The highest BCUT2D eigenvalue weighted by molar-refractivity contribution is 5.14. The highest BCUT2D eigenvalue weighted by Gasteiger charge is 2.08. The summed E-state index contributed by atoms with van der Waals surface area (Å²) in [7, 11) is 0. The molecule has 1 nitrogen and oxygen atoms in total. The first-order valence-corrected chi connectivity index (χ1v) is 6.88. The molecular weight excluding hydrogens is 206 g/mol. The summed E-state index contributed by atoms with van der Waals surface area (Å²) in [4.78, 5) is 0. The Morgan fingerprint density at radius 2 is 1.59 bits per heavy atom. The molecule has 0 saturated heterocycles. The lowest BCUT2D eigenvalue weighted by Crippen LogP contribution is -2.35. The van der Waals surface area contributed by atoms with Crippen LogP contribution in [0.4, 0.5) is 0 Å². The Labute approximate surface area is 107 Å². The lowest BCUT2D eigenvalue weighted by Gasteiger charge is -2.21. The van der Waals surface area contributed by atoms with Crippen LogP contribution in [0.1, 0.15) is 46.1 Å². The molecule has 0 aliphatic rings. The number of benzene rings is 1. The monoisotopic (exact) mass is 233 g/mol. The van der Waals surface area contributed by atoms with Crippen molar-refractivity contribution in [1.82, 2.24) is 5.32 Å². The van der Waals surface area contributed by atoms with Crippen LogP contribution in [0.25, 0.3) is 0 Å². The highest BCUT2D eigenvalue weighted by Crippen LogP contribution is 2.08. The number of hydrogen-bond donors (Lipinski definition) is 1. The lowest BCUT2D eigenvalue weighted by molar-refractivity contribution is 0.390. The Hall–Kier alpha value is -0.820. The smallest absolute Gasteiger partial charge is 0.00443 e. The molecule has 0 bridgehead atoms. The molecule has 0 aromatic heterocycles. The molecule has 1 N–H and O–H groups in total. The molecule has 0 radical (unpaired) electrons. The molecule has 0 aliphatic heterocycles. The molecule has 17 heavy (non-hydrogen) atoms. The van der Waals surface area contributed by atoms with E-state index in [1.165, 1.54) is 24.8 Å². The van der Waals surface area contributed by atoms with Gasteiger partial charge < -0.3 is 5.32 Å². The maximum atomic E-state index is 3.68. The molecule has 0 heterocycles. The van der Waals surface area contributed by atoms with Gasteiger partial charge in [-0.2, -0.15) is 0 Å². The third-order valence-corrected chi connectivity index (χ3v) is 3.10. The first-order chi connectivity index (χ1) is 8.08. The van der Waals surface area contributed by atoms with Gasteiger partial charge in [-0.1, -0.05) is 44.2 Å². The van der Waals surface area contributed by atoms with Gasteiger partial charge in [-0.25, -0.2) is 0 Å². The molecule has 2 atom stereocenters. The topological polar surface area (TPSA) is 12.0 Å². The Balaban J connectivity index is 2.23. The first kappa shape index (κ1) is 14.2. The quantitative estimate of drug-likeness (QED) is 0.749. The summed E-state index contributed by atoms with van der Waals surface area (Å²) in [5.74, 6) is 0.777. The first-order valence-electron chi connectivity index (χ1n) is 6.88. The van der Waals surface area contributed by atoms with Crippen molar-refractivity contribution < 1.29 is 0 Å². The van der Waals surface area contributed by atoms with Crippen molar-refractivity contribution in [2.75, 3.05) is 0 Å². The highest BCUT2D eigenvalue weighted by atomic mass is 14.9. The molecule has 0 saturated carbocycles. The van der Waals surface area contributed by atoms with Gasteiger partial charge in [-0.3, -0.25) is 0 Å². The molecule has 0 amide bonds. The van der Waals surface area contributed by atoms with Crippen LogP contribution in [0.5, 0.6) is 0 Å². The van der Waals surface area contributed by atoms with E-state index in [1.807, 2.05) is 0 Å². The average molecular weight is 233 g/mol. The van der Waals surface area contributed by atoms with Crippen molar-refractivity contribution in [3.8, 4) is 0 Å². The van der Waals surface area contributed by atoms with Gasteiger partial charge in [0.25, 0.3) is 0 Å². The van der Waals surface area contributed by atoms with E-state index in [0.717, 1.165) is 5.92 Å². The minimum atomic E-state index is 0.601. The van der Waals surface area contributed by atoms with Gasteiger partial charge in [0.1, 0.15) is 0 Å². The van der Waals surface area contributed by atoms with E-state index in [-0.39, 0.29) is 0 Å². The van der Waals surface area contributed by atoms with E-state index in [1.54, 1.807) is 0 Å². The van der Waals surface area contributed by atoms with Crippen molar-refractivity contribution in [3.63, 3.8) is 0 Å². The fourth-order valence-corrected chi connectivity index (χ4v) is 2.37. The second-order valence-electron chi connectivity index (χ2n) is 5.62. The van der Waals surface area contributed by atoms with Crippen LogP contribution in [0.3, 0.4) is 0 Å². The third kappa shape index (κ3) is 6.48. The Bertz CT molecular complexity index is 292. The zero-order chi connectivity index (χ0) is 12.7. The standard InChI is InChI=1S/C16H27N/c1-13(2)12-15(4)17-14(3)10-11-16-8-6-5-7-9-16/h5-9,13-15,17H,10-12H2,1-4H3/t14-,15-/m1/s1. The minimum absolute atomic E-state index is 0.601. The Morgan fingerprint density at radius 1 is 0.941 bits per heavy atom. The molecule has 0 aliphatic carbocycles. The van der Waals surface area contributed by atoms with Gasteiger partial charge >= 0.3 is 0 Å². The van der Waals surface area contributed by atoms with Crippen molar-refractivity contribution in [2.24, 2.45) is 5.92 Å². The maximum Gasteiger partial charge on any atom is 0.00443 e. The Kier molecular flexibility index (Phi) is 6.28. The normalized spacial score (nSPS) is 14.9. The summed E-state index contributed by atoms with van der Waals surface area (Å²) in [6, 6.07) is 12.0. The van der Waals surface area contributed by atoms with Crippen molar-refractivity contribution in [3.05, 3.63) is 35.9 Å². The van der Waals surface area contributed by atoms with Crippen LogP contribution in [0.15, 0.2) is 30.3 Å².